The Morgan fingerprint density at radius 1 is 1.26 bits per heavy atom. The molecule has 0 spiro atoms. The second kappa shape index (κ2) is 9.43. The van der Waals surface area contributed by atoms with Crippen LogP contribution in [0.3, 0.4) is 0 Å². The van der Waals surface area contributed by atoms with Gasteiger partial charge in [-0.1, -0.05) is 17.7 Å². The molecule has 2 aromatic heterocycles. The van der Waals surface area contributed by atoms with Crippen molar-refractivity contribution in [1.82, 2.24) is 14.9 Å². The summed E-state index contributed by atoms with van der Waals surface area (Å²) in [6.07, 6.45) is 4.71. The maximum absolute atomic E-state index is 14.7. The molecule has 7 nitrogen and oxygen atoms in total. The lowest BCUT2D eigenvalue weighted by atomic mass is 10.0. The number of hydrogen-bond acceptors (Lipinski definition) is 5. The summed E-state index contributed by atoms with van der Waals surface area (Å²) < 4.78 is 20.0. The molecule has 0 bridgehead atoms. The summed E-state index contributed by atoms with van der Waals surface area (Å²) in [7, 11) is 0. The van der Waals surface area contributed by atoms with E-state index in [2.05, 4.69) is 15.3 Å². The molecule has 0 aliphatic carbocycles. The molecule has 31 heavy (non-hydrogen) atoms. The third-order valence-corrected chi connectivity index (χ3v) is 4.65. The Morgan fingerprint density at radius 3 is 2.61 bits per heavy atom. The molecule has 0 radical (unpaired) electrons. The Hall–Kier alpha value is -3.00. The van der Waals surface area contributed by atoms with Crippen molar-refractivity contribution in [3.05, 3.63) is 58.8 Å². The summed E-state index contributed by atoms with van der Waals surface area (Å²) in [5.74, 6) is -0.484. The van der Waals surface area contributed by atoms with Crippen molar-refractivity contribution >= 4 is 35.0 Å². The number of carbonyl (C=O) groups is 2. The maximum Gasteiger partial charge on any atom is 0.410 e. The number of carbonyl (C=O) groups excluding carboxylic acids is 2. The highest BCUT2D eigenvalue weighted by Crippen LogP contribution is 2.24. The lowest BCUT2D eigenvalue weighted by molar-refractivity contribution is -0.115. The molecule has 1 aliphatic rings. The standard InChI is InChI=1S/C22H24ClFN4O3/c1-22(2,3)31-21(30)28-8-6-15(7-9-28)20-17(24)10-14(12-26-20)11-19(29)27-18-5-4-16(23)13-25-18/h4-6,10,12-13H,7-9,11H2,1-3H3,(H,25,27,29). The van der Waals surface area contributed by atoms with E-state index >= 15 is 0 Å². The quantitative estimate of drug-likeness (QED) is 0.748. The molecule has 0 atom stereocenters. The summed E-state index contributed by atoms with van der Waals surface area (Å²) >= 11 is 5.77. The number of pyridine rings is 2. The number of amides is 2. The van der Waals surface area contributed by atoms with Crippen LogP contribution >= 0.6 is 11.6 Å². The van der Waals surface area contributed by atoms with Gasteiger partial charge >= 0.3 is 6.09 Å². The summed E-state index contributed by atoms with van der Waals surface area (Å²) in [6, 6.07) is 4.50. The van der Waals surface area contributed by atoms with Crippen LogP contribution in [0.2, 0.25) is 5.02 Å². The first kappa shape index (κ1) is 22.7. The predicted octanol–water partition coefficient (Wildman–Crippen LogP) is 4.47. The molecule has 0 saturated carbocycles. The number of rotatable bonds is 4. The summed E-state index contributed by atoms with van der Waals surface area (Å²) in [5.41, 5.74) is 0.825. The number of nitrogens with one attached hydrogen (secondary N) is 1. The topological polar surface area (TPSA) is 84.4 Å². The zero-order valence-electron chi connectivity index (χ0n) is 17.6. The fraction of sp³-hybridized carbons (Fsp3) is 0.364. The molecule has 0 aromatic carbocycles. The highest BCUT2D eigenvalue weighted by molar-refractivity contribution is 6.30. The van der Waals surface area contributed by atoms with E-state index in [1.54, 1.807) is 23.1 Å². The van der Waals surface area contributed by atoms with Crippen LogP contribution in [0.1, 0.15) is 38.4 Å². The zero-order valence-corrected chi connectivity index (χ0v) is 18.4. The lowest BCUT2D eigenvalue weighted by Gasteiger charge is -2.29. The number of aromatic nitrogens is 2. The fourth-order valence-electron chi connectivity index (χ4n) is 3.01. The number of anilines is 1. The number of ether oxygens (including phenoxy) is 1. The first-order valence-corrected chi connectivity index (χ1v) is 10.2. The van der Waals surface area contributed by atoms with Crippen molar-refractivity contribution in [3.63, 3.8) is 0 Å². The van der Waals surface area contributed by atoms with E-state index in [4.69, 9.17) is 16.3 Å². The van der Waals surface area contributed by atoms with Gasteiger partial charge in [0.25, 0.3) is 0 Å². The van der Waals surface area contributed by atoms with Crippen LogP contribution in [0.4, 0.5) is 15.0 Å². The van der Waals surface area contributed by atoms with E-state index in [1.165, 1.54) is 18.5 Å². The van der Waals surface area contributed by atoms with E-state index in [1.807, 2.05) is 20.8 Å². The van der Waals surface area contributed by atoms with Crippen LogP contribution < -0.4 is 5.32 Å². The van der Waals surface area contributed by atoms with Crippen molar-refractivity contribution in [2.75, 3.05) is 18.4 Å². The van der Waals surface area contributed by atoms with Crippen LogP contribution in [-0.4, -0.2) is 45.6 Å². The third kappa shape index (κ3) is 6.49. The molecule has 0 unspecified atom stereocenters. The van der Waals surface area contributed by atoms with Crippen LogP contribution in [0.5, 0.6) is 0 Å². The average molecular weight is 447 g/mol. The van der Waals surface area contributed by atoms with Gasteiger partial charge < -0.3 is 15.0 Å². The minimum atomic E-state index is -0.569. The van der Waals surface area contributed by atoms with Gasteiger partial charge in [0.1, 0.15) is 22.9 Å². The molecule has 0 fully saturated rings. The first-order valence-electron chi connectivity index (χ1n) is 9.84. The lowest BCUT2D eigenvalue weighted by Crippen LogP contribution is -2.39. The Kier molecular flexibility index (Phi) is 6.90. The average Bonchev–Trinajstić information content (AvgIpc) is 2.69. The largest absolute Gasteiger partial charge is 0.444 e. The Morgan fingerprint density at radius 2 is 2.03 bits per heavy atom. The molecular formula is C22H24ClFN4O3. The van der Waals surface area contributed by atoms with Crippen molar-refractivity contribution in [1.29, 1.82) is 0 Å². The van der Waals surface area contributed by atoms with Gasteiger partial charge in [-0.05, 0) is 56.5 Å². The van der Waals surface area contributed by atoms with Gasteiger partial charge in [-0.3, -0.25) is 9.78 Å². The smallest absolute Gasteiger partial charge is 0.410 e. The molecule has 2 aromatic rings. The van der Waals surface area contributed by atoms with Crippen molar-refractivity contribution < 1.29 is 18.7 Å². The predicted molar refractivity (Wildman–Crippen MR) is 116 cm³/mol. The minimum Gasteiger partial charge on any atom is -0.444 e. The van der Waals surface area contributed by atoms with E-state index in [0.717, 1.165) is 5.57 Å². The van der Waals surface area contributed by atoms with E-state index in [-0.39, 0.29) is 18.0 Å². The molecular weight excluding hydrogens is 423 g/mol. The molecule has 0 saturated heterocycles. The van der Waals surface area contributed by atoms with Crippen LogP contribution in [0, 0.1) is 5.82 Å². The Labute approximate surface area is 185 Å². The maximum atomic E-state index is 14.7. The van der Waals surface area contributed by atoms with Crippen molar-refractivity contribution in [2.45, 2.75) is 39.2 Å². The Balaban J connectivity index is 1.61. The van der Waals surface area contributed by atoms with Gasteiger partial charge in [-0.2, -0.15) is 0 Å². The second-order valence-corrected chi connectivity index (χ2v) is 8.60. The normalized spacial score (nSPS) is 14.1. The molecule has 1 N–H and O–H groups in total. The molecule has 3 rings (SSSR count). The molecule has 2 amide bonds. The zero-order chi connectivity index (χ0) is 22.6. The molecule has 9 heteroatoms. The minimum absolute atomic E-state index is 0.0417. The van der Waals surface area contributed by atoms with Gasteiger partial charge in [-0.15, -0.1) is 0 Å². The van der Waals surface area contributed by atoms with Crippen LogP contribution in [0.25, 0.3) is 5.57 Å². The molecule has 164 valence electrons. The van der Waals surface area contributed by atoms with Gasteiger partial charge in [0.05, 0.1) is 11.4 Å². The highest BCUT2D eigenvalue weighted by atomic mass is 35.5. The monoisotopic (exact) mass is 446 g/mol. The first-order chi connectivity index (χ1) is 14.6. The number of nitrogens with zero attached hydrogens (tertiary/aromatic N) is 3. The summed E-state index contributed by atoms with van der Waals surface area (Å²) in [5, 5.41) is 3.09. The summed E-state index contributed by atoms with van der Waals surface area (Å²) in [6.45, 7) is 6.17. The summed E-state index contributed by atoms with van der Waals surface area (Å²) in [4.78, 5) is 34.1. The van der Waals surface area contributed by atoms with E-state index in [9.17, 15) is 14.0 Å². The van der Waals surface area contributed by atoms with Gasteiger partial charge in [0.15, 0.2) is 0 Å². The van der Waals surface area contributed by atoms with Crippen LogP contribution in [-0.2, 0) is 16.0 Å². The van der Waals surface area contributed by atoms with E-state index < -0.39 is 17.5 Å². The Bertz CT molecular complexity index is 1000. The molecule has 1 aliphatic heterocycles. The van der Waals surface area contributed by atoms with Gasteiger partial charge in [0.2, 0.25) is 5.91 Å². The van der Waals surface area contributed by atoms with Crippen LogP contribution in [0.15, 0.2) is 36.7 Å². The van der Waals surface area contributed by atoms with Gasteiger partial charge in [0, 0.05) is 25.5 Å². The molecule has 3 heterocycles. The van der Waals surface area contributed by atoms with E-state index in [0.29, 0.717) is 35.9 Å². The van der Waals surface area contributed by atoms with Crippen molar-refractivity contribution in [2.24, 2.45) is 0 Å². The number of halogens is 2. The number of hydrogen-bond donors (Lipinski definition) is 1. The fourth-order valence-corrected chi connectivity index (χ4v) is 3.12. The van der Waals surface area contributed by atoms with Crippen molar-refractivity contribution in [3.8, 4) is 0 Å². The SMILES string of the molecule is CC(C)(C)OC(=O)N1CC=C(c2ncc(CC(=O)Nc3ccc(Cl)cn3)cc2F)CC1. The third-order valence-electron chi connectivity index (χ3n) is 4.42. The highest BCUT2D eigenvalue weighted by Gasteiger charge is 2.25. The second-order valence-electron chi connectivity index (χ2n) is 8.17. The van der Waals surface area contributed by atoms with Gasteiger partial charge in [-0.25, -0.2) is 14.2 Å².